The molecule has 15 heavy (non-hydrogen) atoms. The van der Waals surface area contributed by atoms with E-state index in [4.69, 9.17) is 10.8 Å². The van der Waals surface area contributed by atoms with Gasteiger partial charge in [0.15, 0.2) is 0 Å². The van der Waals surface area contributed by atoms with E-state index in [9.17, 15) is 0 Å². The minimum Gasteiger partial charge on any atom is -0.396 e. The van der Waals surface area contributed by atoms with Crippen molar-refractivity contribution in [1.29, 1.82) is 0 Å². The first kappa shape index (κ1) is 12.2. The van der Waals surface area contributed by atoms with Gasteiger partial charge in [-0.2, -0.15) is 0 Å². The van der Waals surface area contributed by atoms with Gasteiger partial charge in [0.2, 0.25) is 0 Å². The summed E-state index contributed by atoms with van der Waals surface area (Å²) in [5.74, 6) is 0. The van der Waals surface area contributed by atoms with Crippen LogP contribution in [-0.4, -0.2) is 18.3 Å². The van der Waals surface area contributed by atoms with E-state index in [0.29, 0.717) is 6.54 Å². The summed E-state index contributed by atoms with van der Waals surface area (Å²) in [5.41, 5.74) is 7.12. The normalized spacial score (nSPS) is 14.9. The first-order valence-corrected chi connectivity index (χ1v) is 5.65. The first-order valence-electron chi connectivity index (χ1n) is 5.65. The lowest BCUT2D eigenvalue weighted by Crippen LogP contribution is -2.36. The smallest absolute Gasteiger partial charge is 0.0440 e. The van der Waals surface area contributed by atoms with Gasteiger partial charge in [-0.25, -0.2) is 0 Å². The lowest BCUT2D eigenvalue weighted by atomic mass is 9.74. The summed E-state index contributed by atoms with van der Waals surface area (Å²) >= 11 is 0. The Labute approximate surface area is 92.1 Å². The van der Waals surface area contributed by atoms with E-state index in [1.165, 1.54) is 5.56 Å². The van der Waals surface area contributed by atoms with Crippen LogP contribution in [0.4, 0.5) is 0 Å². The average Bonchev–Trinajstić information content (AvgIpc) is 2.30. The van der Waals surface area contributed by atoms with Crippen LogP contribution in [0.25, 0.3) is 0 Å². The van der Waals surface area contributed by atoms with E-state index in [1.54, 1.807) is 0 Å². The van der Waals surface area contributed by atoms with Gasteiger partial charge in [0.25, 0.3) is 0 Å². The minimum atomic E-state index is -0.0369. The molecule has 0 radical (unpaired) electrons. The summed E-state index contributed by atoms with van der Waals surface area (Å²) in [4.78, 5) is 0. The molecule has 2 heteroatoms. The number of aliphatic hydroxyl groups is 1. The highest BCUT2D eigenvalue weighted by atomic mass is 16.3. The molecule has 0 spiro atoms. The monoisotopic (exact) mass is 207 g/mol. The van der Waals surface area contributed by atoms with Gasteiger partial charge in [-0.05, 0) is 18.4 Å². The second kappa shape index (κ2) is 5.89. The number of hydrogen-bond donors (Lipinski definition) is 2. The molecule has 0 saturated carbocycles. The zero-order valence-corrected chi connectivity index (χ0v) is 9.45. The third kappa shape index (κ3) is 2.80. The molecule has 0 saturated heterocycles. The van der Waals surface area contributed by atoms with Crippen molar-refractivity contribution in [3.63, 3.8) is 0 Å². The predicted molar refractivity (Wildman–Crippen MR) is 63.8 cm³/mol. The number of hydrogen-bond acceptors (Lipinski definition) is 2. The van der Waals surface area contributed by atoms with Crippen molar-refractivity contribution in [2.45, 2.75) is 31.6 Å². The highest BCUT2D eigenvalue weighted by Crippen LogP contribution is 2.31. The Hall–Kier alpha value is -0.860. The van der Waals surface area contributed by atoms with Crippen LogP contribution in [0, 0.1) is 0 Å². The molecule has 84 valence electrons. The van der Waals surface area contributed by atoms with Gasteiger partial charge in [-0.3, -0.25) is 0 Å². The fourth-order valence-electron chi connectivity index (χ4n) is 2.22. The highest BCUT2D eigenvalue weighted by Gasteiger charge is 2.28. The molecule has 0 aromatic heterocycles. The molecule has 0 aliphatic heterocycles. The summed E-state index contributed by atoms with van der Waals surface area (Å²) in [6.45, 7) is 2.96. The Morgan fingerprint density at radius 3 is 2.33 bits per heavy atom. The van der Waals surface area contributed by atoms with E-state index in [0.717, 1.165) is 19.3 Å². The Morgan fingerprint density at radius 2 is 1.87 bits per heavy atom. The van der Waals surface area contributed by atoms with Crippen molar-refractivity contribution >= 4 is 0 Å². The maximum absolute atomic E-state index is 9.17. The Bertz CT molecular complexity index is 265. The third-order valence-corrected chi connectivity index (χ3v) is 3.10. The summed E-state index contributed by atoms with van der Waals surface area (Å²) < 4.78 is 0. The topological polar surface area (TPSA) is 46.2 Å². The summed E-state index contributed by atoms with van der Waals surface area (Å²) in [6.07, 6.45) is 2.88. The Kier molecular flexibility index (Phi) is 4.79. The molecular weight excluding hydrogens is 186 g/mol. The largest absolute Gasteiger partial charge is 0.396 e. The molecule has 0 heterocycles. The van der Waals surface area contributed by atoms with Crippen LogP contribution in [0.1, 0.15) is 31.7 Å². The molecule has 1 rings (SSSR count). The molecule has 0 bridgehead atoms. The van der Waals surface area contributed by atoms with Gasteiger partial charge in [0.05, 0.1) is 0 Å². The van der Waals surface area contributed by atoms with Crippen LogP contribution in [0.2, 0.25) is 0 Å². The van der Waals surface area contributed by atoms with Crippen molar-refractivity contribution in [3.05, 3.63) is 35.9 Å². The van der Waals surface area contributed by atoms with Crippen LogP contribution in [0.5, 0.6) is 0 Å². The molecule has 1 aromatic rings. The van der Waals surface area contributed by atoms with Gasteiger partial charge >= 0.3 is 0 Å². The summed E-state index contributed by atoms with van der Waals surface area (Å²) in [6, 6.07) is 10.3. The molecular formula is C13H21NO. The van der Waals surface area contributed by atoms with Gasteiger partial charge in [0.1, 0.15) is 0 Å². The fourth-order valence-corrected chi connectivity index (χ4v) is 2.22. The second-order valence-electron chi connectivity index (χ2n) is 4.07. The summed E-state index contributed by atoms with van der Waals surface area (Å²) in [7, 11) is 0. The maximum atomic E-state index is 9.17. The van der Waals surface area contributed by atoms with Crippen molar-refractivity contribution < 1.29 is 5.11 Å². The quantitative estimate of drug-likeness (QED) is 0.750. The zero-order chi connectivity index (χ0) is 11.1. The molecule has 0 aliphatic carbocycles. The molecule has 2 nitrogen and oxygen atoms in total. The van der Waals surface area contributed by atoms with E-state index >= 15 is 0 Å². The van der Waals surface area contributed by atoms with E-state index in [1.807, 2.05) is 18.2 Å². The molecule has 3 N–H and O–H groups in total. The van der Waals surface area contributed by atoms with Gasteiger partial charge in [-0.1, -0.05) is 43.7 Å². The van der Waals surface area contributed by atoms with Crippen molar-refractivity contribution in [3.8, 4) is 0 Å². The van der Waals surface area contributed by atoms with Crippen LogP contribution < -0.4 is 5.73 Å². The zero-order valence-electron chi connectivity index (χ0n) is 9.45. The third-order valence-electron chi connectivity index (χ3n) is 3.10. The molecule has 0 fully saturated rings. The molecule has 1 unspecified atom stereocenters. The van der Waals surface area contributed by atoms with Crippen molar-refractivity contribution in [2.75, 3.05) is 13.2 Å². The lowest BCUT2D eigenvalue weighted by molar-refractivity contribution is 0.230. The van der Waals surface area contributed by atoms with E-state index < -0.39 is 0 Å². The molecule has 0 amide bonds. The van der Waals surface area contributed by atoms with Gasteiger partial charge < -0.3 is 10.8 Å². The SMILES string of the molecule is CCCC(CN)(CCO)c1ccccc1. The van der Waals surface area contributed by atoms with Gasteiger partial charge in [-0.15, -0.1) is 0 Å². The van der Waals surface area contributed by atoms with Crippen LogP contribution in [0.3, 0.4) is 0 Å². The average molecular weight is 207 g/mol. The summed E-state index contributed by atoms with van der Waals surface area (Å²) in [5, 5.41) is 9.17. The highest BCUT2D eigenvalue weighted by molar-refractivity contribution is 5.25. The van der Waals surface area contributed by atoms with Crippen LogP contribution in [-0.2, 0) is 5.41 Å². The minimum absolute atomic E-state index is 0.0369. The number of nitrogens with two attached hydrogens (primary N) is 1. The van der Waals surface area contributed by atoms with E-state index in [2.05, 4.69) is 19.1 Å². The number of benzene rings is 1. The van der Waals surface area contributed by atoms with Gasteiger partial charge in [0, 0.05) is 18.6 Å². The number of rotatable bonds is 6. The molecule has 0 aliphatic rings. The Balaban J connectivity index is 2.97. The van der Waals surface area contributed by atoms with Crippen molar-refractivity contribution in [2.24, 2.45) is 5.73 Å². The number of aliphatic hydroxyl groups excluding tert-OH is 1. The molecule has 1 atom stereocenters. The first-order chi connectivity index (χ1) is 7.29. The lowest BCUT2D eigenvalue weighted by Gasteiger charge is -2.32. The van der Waals surface area contributed by atoms with Crippen molar-refractivity contribution in [1.82, 2.24) is 0 Å². The predicted octanol–water partition coefficient (Wildman–Crippen LogP) is 2.07. The van der Waals surface area contributed by atoms with Crippen LogP contribution in [0.15, 0.2) is 30.3 Å². The Morgan fingerprint density at radius 1 is 1.20 bits per heavy atom. The van der Waals surface area contributed by atoms with Crippen LogP contribution >= 0.6 is 0 Å². The second-order valence-corrected chi connectivity index (χ2v) is 4.07. The molecule has 1 aromatic carbocycles. The maximum Gasteiger partial charge on any atom is 0.0440 e. The fraction of sp³-hybridized carbons (Fsp3) is 0.538. The van der Waals surface area contributed by atoms with E-state index in [-0.39, 0.29) is 12.0 Å². The standard InChI is InChI=1S/C13H21NO/c1-2-8-13(11-14,9-10-15)12-6-4-3-5-7-12/h3-7,15H,2,8-11,14H2,1H3.